The summed E-state index contributed by atoms with van der Waals surface area (Å²) in [4.78, 5) is 4.34. The normalized spacial score (nSPS) is 13.1. The quantitative estimate of drug-likeness (QED) is 0.528. The standard InChI is InChI=1S/C10H20N4/c1-3-6-14-7-5-12-10(14)8-9(4-2)13-11/h5,7,9,13H,3-4,6,8,11H2,1-2H3. The summed E-state index contributed by atoms with van der Waals surface area (Å²) in [6.45, 7) is 5.33. The molecular weight excluding hydrogens is 176 g/mol. The van der Waals surface area contributed by atoms with E-state index in [4.69, 9.17) is 5.84 Å². The predicted octanol–water partition coefficient (Wildman–Crippen LogP) is 1.08. The smallest absolute Gasteiger partial charge is 0.110 e. The number of imidazole rings is 1. The number of aromatic nitrogens is 2. The Morgan fingerprint density at radius 2 is 2.36 bits per heavy atom. The van der Waals surface area contributed by atoms with Gasteiger partial charge in [0.05, 0.1) is 0 Å². The molecule has 0 amide bonds. The molecule has 4 heteroatoms. The number of hydrogen-bond donors (Lipinski definition) is 2. The first-order valence-corrected chi connectivity index (χ1v) is 5.27. The van der Waals surface area contributed by atoms with Crippen molar-refractivity contribution >= 4 is 0 Å². The third kappa shape index (κ3) is 2.82. The van der Waals surface area contributed by atoms with Gasteiger partial charge in [0.2, 0.25) is 0 Å². The summed E-state index contributed by atoms with van der Waals surface area (Å²) in [7, 11) is 0. The van der Waals surface area contributed by atoms with Gasteiger partial charge >= 0.3 is 0 Å². The van der Waals surface area contributed by atoms with Gasteiger partial charge < -0.3 is 4.57 Å². The molecule has 1 unspecified atom stereocenters. The summed E-state index contributed by atoms with van der Waals surface area (Å²) in [6, 6.07) is 0.327. The minimum absolute atomic E-state index is 0.327. The Morgan fingerprint density at radius 1 is 1.57 bits per heavy atom. The zero-order valence-electron chi connectivity index (χ0n) is 9.03. The lowest BCUT2D eigenvalue weighted by molar-refractivity contribution is 0.486. The first-order valence-electron chi connectivity index (χ1n) is 5.27. The highest BCUT2D eigenvalue weighted by molar-refractivity contribution is 4.95. The number of nitrogens with one attached hydrogen (secondary N) is 1. The van der Waals surface area contributed by atoms with Crippen LogP contribution >= 0.6 is 0 Å². The highest BCUT2D eigenvalue weighted by Crippen LogP contribution is 2.04. The lowest BCUT2D eigenvalue weighted by atomic mass is 10.1. The van der Waals surface area contributed by atoms with Gasteiger partial charge in [-0.25, -0.2) is 4.98 Å². The summed E-state index contributed by atoms with van der Waals surface area (Å²) in [5, 5.41) is 0. The van der Waals surface area contributed by atoms with Crippen molar-refractivity contribution in [1.29, 1.82) is 0 Å². The van der Waals surface area contributed by atoms with E-state index in [-0.39, 0.29) is 0 Å². The maximum atomic E-state index is 5.44. The minimum atomic E-state index is 0.327. The molecule has 80 valence electrons. The van der Waals surface area contributed by atoms with E-state index in [0.717, 1.165) is 31.6 Å². The fraction of sp³-hybridized carbons (Fsp3) is 0.700. The second kappa shape index (κ2) is 5.78. The Hall–Kier alpha value is -0.870. The highest BCUT2D eigenvalue weighted by Gasteiger charge is 2.09. The van der Waals surface area contributed by atoms with Crippen LogP contribution < -0.4 is 11.3 Å². The summed E-state index contributed by atoms with van der Waals surface area (Å²) >= 11 is 0. The van der Waals surface area contributed by atoms with Gasteiger partial charge in [-0.3, -0.25) is 11.3 Å². The third-order valence-electron chi connectivity index (χ3n) is 2.42. The van der Waals surface area contributed by atoms with E-state index >= 15 is 0 Å². The van der Waals surface area contributed by atoms with Gasteiger partial charge in [0.15, 0.2) is 0 Å². The second-order valence-corrected chi connectivity index (χ2v) is 3.51. The first kappa shape index (κ1) is 11.2. The Morgan fingerprint density at radius 3 is 2.93 bits per heavy atom. The maximum absolute atomic E-state index is 5.44. The van der Waals surface area contributed by atoms with E-state index in [1.165, 1.54) is 0 Å². The van der Waals surface area contributed by atoms with E-state index in [0.29, 0.717) is 6.04 Å². The molecule has 0 saturated carbocycles. The van der Waals surface area contributed by atoms with Gasteiger partial charge in [-0.15, -0.1) is 0 Å². The molecule has 1 atom stereocenters. The molecule has 0 aliphatic carbocycles. The Bertz CT molecular complexity index is 252. The Labute approximate surface area is 85.5 Å². The average Bonchev–Trinajstić information content (AvgIpc) is 2.62. The van der Waals surface area contributed by atoms with Crippen molar-refractivity contribution < 1.29 is 0 Å². The Balaban J connectivity index is 2.60. The number of rotatable bonds is 6. The van der Waals surface area contributed by atoms with Gasteiger partial charge in [0, 0.05) is 31.4 Å². The number of nitrogens with two attached hydrogens (primary N) is 1. The average molecular weight is 196 g/mol. The van der Waals surface area contributed by atoms with Crippen molar-refractivity contribution in [1.82, 2.24) is 15.0 Å². The minimum Gasteiger partial charge on any atom is -0.335 e. The van der Waals surface area contributed by atoms with E-state index in [1.807, 2.05) is 12.4 Å². The van der Waals surface area contributed by atoms with Crippen molar-refractivity contribution in [3.05, 3.63) is 18.2 Å². The van der Waals surface area contributed by atoms with Crippen LogP contribution in [0.4, 0.5) is 0 Å². The molecule has 0 aliphatic rings. The van der Waals surface area contributed by atoms with Gasteiger partial charge in [-0.2, -0.15) is 0 Å². The van der Waals surface area contributed by atoms with Crippen LogP contribution in [0.1, 0.15) is 32.5 Å². The van der Waals surface area contributed by atoms with Crippen LogP contribution in [0.25, 0.3) is 0 Å². The highest BCUT2D eigenvalue weighted by atomic mass is 15.2. The molecule has 1 rings (SSSR count). The number of nitrogens with zero attached hydrogens (tertiary/aromatic N) is 2. The molecule has 0 saturated heterocycles. The zero-order chi connectivity index (χ0) is 10.4. The maximum Gasteiger partial charge on any atom is 0.110 e. The van der Waals surface area contributed by atoms with Crippen LogP contribution in [-0.4, -0.2) is 15.6 Å². The summed E-state index contributed by atoms with van der Waals surface area (Å²) in [5.74, 6) is 6.56. The van der Waals surface area contributed by atoms with Crippen molar-refractivity contribution in [2.75, 3.05) is 0 Å². The van der Waals surface area contributed by atoms with E-state index in [9.17, 15) is 0 Å². The fourth-order valence-electron chi connectivity index (χ4n) is 1.52. The van der Waals surface area contributed by atoms with Gasteiger partial charge in [0.1, 0.15) is 5.82 Å². The first-order chi connectivity index (χ1) is 6.81. The van der Waals surface area contributed by atoms with Crippen LogP contribution in [0.3, 0.4) is 0 Å². The predicted molar refractivity (Wildman–Crippen MR) is 57.6 cm³/mol. The summed E-state index contributed by atoms with van der Waals surface area (Å²) < 4.78 is 2.19. The summed E-state index contributed by atoms with van der Waals surface area (Å²) in [6.07, 6.45) is 6.95. The van der Waals surface area contributed by atoms with Crippen LogP contribution in [0.15, 0.2) is 12.4 Å². The van der Waals surface area contributed by atoms with E-state index < -0.39 is 0 Å². The van der Waals surface area contributed by atoms with Crippen LogP contribution in [0, 0.1) is 0 Å². The third-order valence-corrected chi connectivity index (χ3v) is 2.42. The topological polar surface area (TPSA) is 55.9 Å². The molecule has 1 aromatic heterocycles. The van der Waals surface area contributed by atoms with E-state index in [2.05, 4.69) is 28.8 Å². The molecule has 0 bridgehead atoms. The molecule has 3 N–H and O–H groups in total. The van der Waals surface area contributed by atoms with Gasteiger partial charge in [-0.1, -0.05) is 13.8 Å². The van der Waals surface area contributed by atoms with Gasteiger partial charge in [-0.05, 0) is 12.8 Å². The molecule has 1 heterocycles. The van der Waals surface area contributed by atoms with Crippen molar-refractivity contribution in [2.45, 2.75) is 45.7 Å². The van der Waals surface area contributed by atoms with E-state index in [1.54, 1.807) is 0 Å². The van der Waals surface area contributed by atoms with Gasteiger partial charge in [0.25, 0.3) is 0 Å². The number of hydrogen-bond acceptors (Lipinski definition) is 3. The fourth-order valence-corrected chi connectivity index (χ4v) is 1.52. The molecule has 14 heavy (non-hydrogen) atoms. The molecule has 0 aromatic carbocycles. The molecule has 0 fully saturated rings. The Kier molecular flexibility index (Phi) is 4.62. The largest absolute Gasteiger partial charge is 0.335 e. The zero-order valence-corrected chi connectivity index (χ0v) is 9.03. The monoisotopic (exact) mass is 196 g/mol. The molecular formula is C10H20N4. The number of hydrazine groups is 1. The molecule has 1 aromatic rings. The van der Waals surface area contributed by atoms with Crippen molar-refractivity contribution in [2.24, 2.45) is 5.84 Å². The molecule has 0 spiro atoms. The summed E-state index contributed by atoms with van der Waals surface area (Å²) in [5.41, 5.74) is 2.81. The van der Waals surface area contributed by atoms with Crippen LogP contribution in [0.5, 0.6) is 0 Å². The number of aryl methyl sites for hydroxylation is 1. The van der Waals surface area contributed by atoms with Crippen LogP contribution in [-0.2, 0) is 13.0 Å². The SMILES string of the molecule is CCCn1ccnc1CC(CC)NN. The van der Waals surface area contributed by atoms with Crippen LogP contribution in [0.2, 0.25) is 0 Å². The lowest BCUT2D eigenvalue weighted by Gasteiger charge is -2.13. The molecule has 4 nitrogen and oxygen atoms in total. The lowest BCUT2D eigenvalue weighted by Crippen LogP contribution is -2.36. The van der Waals surface area contributed by atoms with Crippen molar-refractivity contribution in [3.63, 3.8) is 0 Å². The second-order valence-electron chi connectivity index (χ2n) is 3.51. The van der Waals surface area contributed by atoms with Crippen molar-refractivity contribution in [3.8, 4) is 0 Å². The molecule has 0 radical (unpaired) electrons. The molecule has 0 aliphatic heterocycles.